The quantitative estimate of drug-likeness (QED) is 0.816. The number of rotatable bonds is 5. The third-order valence-electron chi connectivity index (χ3n) is 4.14. The average Bonchev–Trinajstić information content (AvgIpc) is 2.66. The first-order valence-corrected chi connectivity index (χ1v) is 9.98. The van der Waals surface area contributed by atoms with E-state index in [4.69, 9.17) is 0 Å². The topological polar surface area (TPSA) is 58.2 Å². The van der Waals surface area contributed by atoms with Gasteiger partial charge < -0.3 is 5.32 Å². The number of aryl methyl sites for hydroxylation is 1. The van der Waals surface area contributed by atoms with Crippen molar-refractivity contribution < 1.29 is 8.42 Å². The number of sulfonamides is 1. The summed E-state index contributed by atoms with van der Waals surface area (Å²) in [6.45, 7) is 4.85. The molecule has 0 amide bonds. The number of hydrogen-bond acceptors (Lipinski definition) is 4. The molecule has 0 aliphatic heterocycles. The van der Waals surface area contributed by atoms with Crippen LogP contribution in [-0.2, 0) is 16.6 Å². The van der Waals surface area contributed by atoms with E-state index in [-0.39, 0.29) is 6.04 Å². The molecule has 21 heavy (non-hydrogen) atoms. The summed E-state index contributed by atoms with van der Waals surface area (Å²) in [5, 5.41) is 3.07. The maximum absolute atomic E-state index is 12.6. The van der Waals surface area contributed by atoms with Gasteiger partial charge in [0.2, 0.25) is 10.0 Å². The first-order chi connectivity index (χ1) is 9.92. The van der Waals surface area contributed by atoms with E-state index in [0.717, 1.165) is 35.4 Å². The fraction of sp³-hybridized carbons (Fsp3) is 0.733. The lowest BCUT2D eigenvalue weighted by Gasteiger charge is -2.16. The van der Waals surface area contributed by atoms with Crippen molar-refractivity contribution in [2.24, 2.45) is 5.92 Å². The maximum Gasteiger partial charge on any atom is 0.241 e. The van der Waals surface area contributed by atoms with Crippen LogP contribution in [0.15, 0.2) is 11.0 Å². The Balaban J connectivity index is 2.10. The molecule has 1 saturated carbocycles. The molecule has 2 unspecified atom stereocenters. The van der Waals surface area contributed by atoms with Crippen LogP contribution in [-0.4, -0.2) is 21.5 Å². The van der Waals surface area contributed by atoms with Crippen molar-refractivity contribution in [2.75, 3.05) is 7.05 Å². The molecule has 1 aliphatic rings. The van der Waals surface area contributed by atoms with Gasteiger partial charge in [0.25, 0.3) is 0 Å². The molecule has 1 aromatic rings. The summed E-state index contributed by atoms with van der Waals surface area (Å²) in [5.74, 6) is 0.713. The highest BCUT2D eigenvalue weighted by Gasteiger charge is 2.25. The summed E-state index contributed by atoms with van der Waals surface area (Å²) in [7, 11) is -1.52. The SMILES string of the molecule is CNCc1cc(S(=O)(=O)NC2CCCC(C)CC2)c(C)s1. The molecule has 1 fully saturated rings. The van der Waals surface area contributed by atoms with Gasteiger partial charge in [0, 0.05) is 22.3 Å². The minimum Gasteiger partial charge on any atom is -0.315 e. The minimum atomic E-state index is -3.39. The fourth-order valence-electron chi connectivity index (χ4n) is 2.94. The molecular weight excluding hydrogens is 304 g/mol. The van der Waals surface area contributed by atoms with Crippen LogP contribution in [0.1, 0.15) is 48.8 Å². The molecule has 0 saturated heterocycles. The normalized spacial score (nSPS) is 24.0. The summed E-state index contributed by atoms with van der Waals surface area (Å²) in [6, 6.07) is 1.89. The summed E-state index contributed by atoms with van der Waals surface area (Å²) < 4.78 is 28.1. The molecule has 6 heteroatoms. The van der Waals surface area contributed by atoms with Crippen LogP contribution in [0.2, 0.25) is 0 Å². The van der Waals surface area contributed by atoms with Crippen LogP contribution in [0.5, 0.6) is 0 Å². The Bertz CT molecular complexity index is 566. The van der Waals surface area contributed by atoms with Gasteiger partial charge in [-0.2, -0.15) is 0 Å². The highest BCUT2D eigenvalue weighted by Crippen LogP contribution is 2.28. The van der Waals surface area contributed by atoms with E-state index in [1.54, 1.807) is 17.4 Å². The molecular formula is C15H26N2O2S2. The molecule has 2 N–H and O–H groups in total. The Labute approximate surface area is 132 Å². The monoisotopic (exact) mass is 330 g/mol. The second kappa shape index (κ2) is 7.22. The van der Waals surface area contributed by atoms with Crippen molar-refractivity contribution in [1.82, 2.24) is 10.0 Å². The Morgan fingerprint density at radius 2 is 2.05 bits per heavy atom. The number of thiophene rings is 1. The number of nitrogens with one attached hydrogen (secondary N) is 2. The zero-order valence-corrected chi connectivity index (χ0v) is 14.7. The lowest BCUT2D eigenvalue weighted by atomic mass is 10.0. The van der Waals surface area contributed by atoms with Crippen LogP contribution in [0, 0.1) is 12.8 Å². The molecule has 0 radical (unpaired) electrons. The molecule has 1 aromatic heterocycles. The lowest BCUT2D eigenvalue weighted by Crippen LogP contribution is -2.34. The van der Waals surface area contributed by atoms with Gasteiger partial charge in [-0.3, -0.25) is 0 Å². The van der Waals surface area contributed by atoms with E-state index in [1.807, 2.05) is 14.0 Å². The smallest absolute Gasteiger partial charge is 0.241 e. The predicted molar refractivity (Wildman–Crippen MR) is 88.2 cm³/mol. The molecule has 4 nitrogen and oxygen atoms in total. The first kappa shape index (κ1) is 16.9. The zero-order valence-electron chi connectivity index (χ0n) is 13.1. The summed E-state index contributed by atoms with van der Waals surface area (Å²) in [5.41, 5.74) is 0. The van der Waals surface area contributed by atoms with Crippen molar-refractivity contribution in [3.63, 3.8) is 0 Å². The van der Waals surface area contributed by atoms with Crippen LogP contribution in [0.4, 0.5) is 0 Å². The van der Waals surface area contributed by atoms with Crippen molar-refractivity contribution >= 4 is 21.4 Å². The van der Waals surface area contributed by atoms with Gasteiger partial charge in [0.05, 0.1) is 4.90 Å². The van der Waals surface area contributed by atoms with Gasteiger partial charge in [-0.15, -0.1) is 11.3 Å². The van der Waals surface area contributed by atoms with Crippen molar-refractivity contribution in [2.45, 2.75) is 63.4 Å². The second-order valence-corrected chi connectivity index (χ2v) is 9.12. The molecule has 0 aromatic carbocycles. The molecule has 1 aliphatic carbocycles. The van der Waals surface area contributed by atoms with E-state index < -0.39 is 10.0 Å². The standard InChI is InChI=1S/C15H26N2O2S2/c1-11-5-4-6-13(8-7-11)17-21(18,19)15-9-14(10-16-3)20-12(15)2/h9,11,13,16-17H,4-8,10H2,1-3H3. The highest BCUT2D eigenvalue weighted by atomic mass is 32.2. The van der Waals surface area contributed by atoms with Gasteiger partial charge >= 0.3 is 0 Å². The van der Waals surface area contributed by atoms with E-state index in [0.29, 0.717) is 17.4 Å². The number of hydrogen-bond donors (Lipinski definition) is 2. The van der Waals surface area contributed by atoms with Crippen molar-refractivity contribution in [3.8, 4) is 0 Å². The lowest BCUT2D eigenvalue weighted by molar-refractivity contribution is 0.484. The Kier molecular flexibility index (Phi) is 5.82. The average molecular weight is 331 g/mol. The molecule has 0 bridgehead atoms. The van der Waals surface area contributed by atoms with Gasteiger partial charge in [-0.1, -0.05) is 19.8 Å². The van der Waals surface area contributed by atoms with E-state index in [1.165, 1.54) is 6.42 Å². The van der Waals surface area contributed by atoms with Crippen LogP contribution in [0.25, 0.3) is 0 Å². The molecule has 1 heterocycles. The largest absolute Gasteiger partial charge is 0.315 e. The summed E-state index contributed by atoms with van der Waals surface area (Å²) in [4.78, 5) is 2.38. The third-order valence-corrected chi connectivity index (χ3v) is 6.97. The Morgan fingerprint density at radius 1 is 1.29 bits per heavy atom. The molecule has 2 rings (SSSR count). The van der Waals surface area contributed by atoms with Crippen LogP contribution >= 0.6 is 11.3 Å². The van der Waals surface area contributed by atoms with E-state index in [2.05, 4.69) is 17.0 Å². The van der Waals surface area contributed by atoms with Gasteiger partial charge in [-0.25, -0.2) is 13.1 Å². The predicted octanol–water partition coefficient (Wildman–Crippen LogP) is 3.02. The first-order valence-electron chi connectivity index (χ1n) is 7.68. The maximum atomic E-state index is 12.6. The van der Waals surface area contributed by atoms with Gasteiger partial charge in [-0.05, 0) is 45.2 Å². The van der Waals surface area contributed by atoms with E-state index >= 15 is 0 Å². The fourth-order valence-corrected chi connectivity index (χ4v) is 5.89. The van der Waals surface area contributed by atoms with Crippen molar-refractivity contribution in [1.29, 1.82) is 0 Å². The molecule has 2 atom stereocenters. The van der Waals surface area contributed by atoms with Crippen LogP contribution in [0.3, 0.4) is 0 Å². The minimum absolute atomic E-state index is 0.0898. The Hall–Kier alpha value is -0.430. The summed E-state index contributed by atoms with van der Waals surface area (Å²) in [6.07, 6.45) is 5.34. The van der Waals surface area contributed by atoms with Gasteiger partial charge in [0.1, 0.15) is 0 Å². The molecule has 0 spiro atoms. The van der Waals surface area contributed by atoms with E-state index in [9.17, 15) is 8.42 Å². The Morgan fingerprint density at radius 3 is 2.76 bits per heavy atom. The third kappa shape index (κ3) is 4.52. The van der Waals surface area contributed by atoms with Crippen LogP contribution < -0.4 is 10.0 Å². The zero-order chi connectivity index (χ0) is 15.5. The van der Waals surface area contributed by atoms with Gasteiger partial charge in [0.15, 0.2) is 0 Å². The second-order valence-electron chi connectivity index (χ2n) is 6.10. The highest BCUT2D eigenvalue weighted by molar-refractivity contribution is 7.89. The summed E-state index contributed by atoms with van der Waals surface area (Å²) >= 11 is 1.55. The molecule has 120 valence electrons. The van der Waals surface area contributed by atoms with Crippen molar-refractivity contribution in [3.05, 3.63) is 15.8 Å².